The molecule has 0 aliphatic carbocycles. The molecule has 1 atom stereocenters. The first-order chi connectivity index (χ1) is 16.5. The van der Waals surface area contributed by atoms with Gasteiger partial charge in [0.1, 0.15) is 0 Å². The lowest BCUT2D eigenvalue weighted by molar-refractivity contribution is 0.0781. The molecule has 0 bridgehead atoms. The fraction of sp³-hybridized carbons (Fsp3) is 0.357. The van der Waals surface area contributed by atoms with E-state index in [0.717, 1.165) is 44.5 Å². The van der Waals surface area contributed by atoms with Crippen molar-refractivity contribution >= 4 is 41.5 Å². The predicted molar refractivity (Wildman–Crippen MR) is 147 cm³/mol. The van der Waals surface area contributed by atoms with Crippen LogP contribution in [0.5, 0.6) is 0 Å². The summed E-state index contributed by atoms with van der Waals surface area (Å²) in [5.74, 6) is 0.789. The fourth-order valence-electron chi connectivity index (χ4n) is 4.79. The Labute approximate surface area is 224 Å². The van der Waals surface area contributed by atoms with E-state index in [4.69, 9.17) is 23.2 Å². The number of amides is 1. The molecule has 3 aromatic rings. The zero-order valence-electron chi connectivity index (χ0n) is 19.9. The molecule has 186 valence electrons. The maximum absolute atomic E-state index is 13.0. The van der Waals surface area contributed by atoms with Crippen LogP contribution in [0.3, 0.4) is 0 Å². The Morgan fingerprint density at radius 2 is 1.80 bits per heavy atom. The number of pyridine rings is 1. The molecule has 1 fully saturated rings. The summed E-state index contributed by atoms with van der Waals surface area (Å²) in [6.45, 7) is 3.76. The lowest BCUT2D eigenvalue weighted by Crippen LogP contribution is -2.36. The summed E-state index contributed by atoms with van der Waals surface area (Å²) in [4.78, 5) is 21.6. The van der Waals surface area contributed by atoms with E-state index in [0.29, 0.717) is 28.1 Å². The number of halogens is 3. The van der Waals surface area contributed by atoms with Gasteiger partial charge in [0.15, 0.2) is 0 Å². The first-order valence-corrected chi connectivity index (χ1v) is 12.6. The van der Waals surface area contributed by atoms with E-state index in [1.807, 2.05) is 78.9 Å². The van der Waals surface area contributed by atoms with Crippen LogP contribution in [0.2, 0.25) is 10.0 Å². The van der Waals surface area contributed by atoms with Crippen LogP contribution in [0.1, 0.15) is 52.6 Å². The van der Waals surface area contributed by atoms with Crippen molar-refractivity contribution in [1.82, 2.24) is 14.8 Å². The second kappa shape index (κ2) is 13.3. The van der Waals surface area contributed by atoms with Crippen LogP contribution in [-0.2, 0) is 0 Å². The minimum atomic E-state index is 0. The largest absolute Gasteiger partial charge is 0.341 e. The van der Waals surface area contributed by atoms with Gasteiger partial charge in [-0.15, -0.1) is 12.4 Å². The van der Waals surface area contributed by atoms with Crippen molar-refractivity contribution in [1.29, 1.82) is 0 Å². The molecular formula is C28H32Cl3N3O. The van der Waals surface area contributed by atoms with Crippen LogP contribution in [0.4, 0.5) is 0 Å². The molecule has 2 heterocycles. The Hall–Kier alpha value is -2.11. The number of hydrogen-bond acceptors (Lipinski definition) is 3. The van der Waals surface area contributed by atoms with Crippen molar-refractivity contribution in [3.05, 3.63) is 99.8 Å². The molecule has 0 saturated carbocycles. The molecule has 0 radical (unpaired) electrons. The van der Waals surface area contributed by atoms with Gasteiger partial charge in [-0.05, 0) is 86.3 Å². The summed E-state index contributed by atoms with van der Waals surface area (Å²) in [6.07, 6.45) is 7.08. The Morgan fingerprint density at radius 1 is 1.06 bits per heavy atom. The first kappa shape index (κ1) is 27.5. The summed E-state index contributed by atoms with van der Waals surface area (Å²) in [7, 11) is 1.87. The number of likely N-dealkylation sites (tertiary alicyclic amines) is 1. The van der Waals surface area contributed by atoms with Crippen molar-refractivity contribution < 1.29 is 4.79 Å². The van der Waals surface area contributed by atoms with Crippen LogP contribution < -0.4 is 0 Å². The van der Waals surface area contributed by atoms with E-state index in [1.54, 1.807) is 0 Å². The summed E-state index contributed by atoms with van der Waals surface area (Å²) in [6, 6.07) is 19.5. The van der Waals surface area contributed by atoms with Crippen LogP contribution >= 0.6 is 35.6 Å². The molecule has 1 amide bonds. The van der Waals surface area contributed by atoms with Gasteiger partial charge in [0.25, 0.3) is 5.91 Å². The van der Waals surface area contributed by atoms with Gasteiger partial charge in [0, 0.05) is 37.5 Å². The maximum atomic E-state index is 13.0. The van der Waals surface area contributed by atoms with E-state index in [2.05, 4.69) is 16.0 Å². The maximum Gasteiger partial charge on any atom is 0.253 e. The number of benzene rings is 2. The molecule has 7 heteroatoms. The highest BCUT2D eigenvalue weighted by Gasteiger charge is 2.24. The second-order valence-corrected chi connectivity index (χ2v) is 9.93. The third-order valence-corrected chi connectivity index (χ3v) is 7.55. The van der Waals surface area contributed by atoms with E-state index < -0.39 is 0 Å². The summed E-state index contributed by atoms with van der Waals surface area (Å²) in [5, 5.41) is 1.11. The van der Waals surface area contributed by atoms with Gasteiger partial charge >= 0.3 is 0 Å². The molecule has 1 unspecified atom stereocenters. The minimum Gasteiger partial charge on any atom is -0.341 e. The Bertz CT molecular complexity index is 1070. The number of likely N-dealkylation sites (N-methyl/N-ethyl adjacent to an activating group) is 1. The van der Waals surface area contributed by atoms with Gasteiger partial charge in [0.05, 0.1) is 10.0 Å². The highest BCUT2D eigenvalue weighted by atomic mass is 35.5. The van der Waals surface area contributed by atoms with Gasteiger partial charge in [-0.2, -0.15) is 0 Å². The molecule has 1 aliphatic heterocycles. The molecule has 35 heavy (non-hydrogen) atoms. The van der Waals surface area contributed by atoms with E-state index in [1.165, 1.54) is 5.56 Å². The zero-order valence-corrected chi connectivity index (χ0v) is 22.3. The molecule has 4 nitrogen and oxygen atoms in total. The Kier molecular flexibility index (Phi) is 10.4. The fourth-order valence-corrected chi connectivity index (χ4v) is 5.10. The van der Waals surface area contributed by atoms with Crippen molar-refractivity contribution in [2.75, 3.05) is 33.2 Å². The SMILES string of the molecule is CN(CC(CCN1CCC(c2cccnc2)CC1)c1ccc(Cl)c(Cl)c1)C(=O)c1ccccc1.Cl. The summed E-state index contributed by atoms with van der Waals surface area (Å²) >= 11 is 12.5. The normalized spacial score (nSPS) is 15.3. The molecular weight excluding hydrogens is 501 g/mol. The highest BCUT2D eigenvalue weighted by molar-refractivity contribution is 6.42. The van der Waals surface area contributed by atoms with E-state index >= 15 is 0 Å². The number of aromatic nitrogens is 1. The van der Waals surface area contributed by atoms with Crippen molar-refractivity contribution in [2.24, 2.45) is 0 Å². The molecule has 0 spiro atoms. The quantitative estimate of drug-likeness (QED) is 0.315. The molecule has 0 N–H and O–H groups in total. The minimum absolute atomic E-state index is 0. The van der Waals surface area contributed by atoms with Crippen LogP contribution in [-0.4, -0.2) is 53.9 Å². The van der Waals surface area contributed by atoms with Crippen LogP contribution in [0, 0.1) is 0 Å². The number of hydrogen-bond donors (Lipinski definition) is 0. The Balaban J connectivity index is 0.00000342. The number of rotatable bonds is 8. The third-order valence-electron chi connectivity index (χ3n) is 6.81. The zero-order chi connectivity index (χ0) is 23.9. The smallest absolute Gasteiger partial charge is 0.253 e. The van der Waals surface area contributed by atoms with E-state index in [-0.39, 0.29) is 24.2 Å². The van der Waals surface area contributed by atoms with Gasteiger partial charge in [-0.3, -0.25) is 9.78 Å². The lowest BCUT2D eigenvalue weighted by Gasteiger charge is -2.33. The number of piperidine rings is 1. The monoisotopic (exact) mass is 531 g/mol. The number of carbonyl (C=O) groups is 1. The van der Waals surface area contributed by atoms with Crippen molar-refractivity contribution in [3.8, 4) is 0 Å². The van der Waals surface area contributed by atoms with Crippen LogP contribution in [0.15, 0.2) is 73.1 Å². The third kappa shape index (κ3) is 7.44. The molecule has 1 aromatic heterocycles. The standard InChI is InChI=1S/C28H31Cl2N3O.ClH/c1-32(28(34)22-6-3-2-4-7-22)20-25(23-9-10-26(29)27(30)18-23)13-17-33-15-11-21(12-16-33)24-8-5-14-31-19-24;/h2-10,14,18-19,21,25H,11-13,15-17,20H2,1H3;1H. The average molecular weight is 533 g/mol. The average Bonchev–Trinajstić information content (AvgIpc) is 2.89. The van der Waals surface area contributed by atoms with Crippen LogP contribution in [0.25, 0.3) is 0 Å². The molecule has 1 saturated heterocycles. The topological polar surface area (TPSA) is 36.4 Å². The first-order valence-electron chi connectivity index (χ1n) is 11.9. The van der Waals surface area contributed by atoms with Crippen molar-refractivity contribution in [2.45, 2.75) is 31.1 Å². The van der Waals surface area contributed by atoms with Gasteiger partial charge < -0.3 is 9.80 Å². The van der Waals surface area contributed by atoms with Gasteiger partial charge in [0.2, 0.25) is 0 Å². The predicted octanol–water partition coefficient (Wildman–Crippen LogP) is 6.94. The number of nitrogens with zero attached hydrogens (tertiary/aromatic N) is 3. The second-order valence-electron chi connectivity index (χ2n) is 9.11. The molecule has 1 aliphatic rings. The van der Waals surface area contributed by atoms with E-state index in [9.17, 15) is 4.79 Å². The van der Waals surface area contributed by atoms with Gasteiger partial charge in [-0.1, -0.05) is 53.5 Å². The molecule has 2 aromatic carbocycles. The lowest BCUT2D eigenvalue weighted by atomic mass is 9.89. The Morgan fingerprint density at radius 3 is 2.46 bits per heavy atom. The molecule has 4 rings (SSSR count). The van der Waals surface area contributed by atoms with Crippen molar-refractivity contribution in [3.63, 3.8) is 0 Å². The van der Waals surface area contributed by atoms with Gasteiger partial charge in [-0.25, -0.2) is 0 Å². The number of carbonyl (C=O) groups excluding carboxylic acids is 1. The summed E-state index contributed by atoms with van der Waals surface area (Å²) in [5.41, 5.74) is 3.17. The summed E-state index contributed by atoms with van der Waals surface area (Å²) < 4.78 is 0. The highest BCUT2D eigenvalue weighted by Crippen LogP contribution is 2.31.